The molecule has 3 rings (SSSR count). The van der Waals surface area contributed by atoms with Gasteiger partial charge in [-0.05, 0) is 41.2 Å². The molecule has 2 aromatic carbocycles. The van der Waals surface area contributed by atoms with Crippen molar-refractivity contribution in [3.63, 3.8) is 0 Å². The summed E-state index contributed by atoms with van der Waals surface area (Å²) >= 11 is 0. The van der Waals surface area contributed by atoms with E-state index in [-0.39, 0.29) is 5.82 Å². The summed E-state index contributed by atoms with van der Waals surface area (Å²) in [5, 5.41) is 0. The average molecular weight is 198 g/mol. The molecule has 0 saturated heterocycles. The first-order valence-electron chi connectivity index (χ1n) is 5.22. The Morgan fingerprint density at radius 1 is 0.800 bits per heavy atom. The molecule has 0 amide bonds. The Morgan fingerprint density at radius 2 is 1.60 bits per heavy atom. The van der Waals surface area contributed by atoms with E-state index in [4.69, 9.17) is 0 Å². The van der Waals surface area contributed by atoms with Gasteiger partial charge in [-0.15, -0.1) is 0 Å². The maximum Gasteiger partial charge on any atom is 0.127 e. The summed E-state index contributed by atoms with van der Waals surface area (Å²) in [6.07, 6.45) is 1.77. The van der Waals surface area contributed by atoms with Gasteiger partial charge in [0.2, 0.25) is 0 Å². The van der Waals surface area contributed by atoms with Crippen LogP contribution in [-0.2, 0) is 12.8 Å². The van der Waals surface area contributed by atoms with Crippen molar-refractivity contribution in [2.45, 2.75) is 12.8 Å². The second-order valence-corrected chi connectivity index (χ2v) is 3.92. The predicted molar refractivity (Wildman–Crippen MR) is 59.2 cm³/mol. The predicted octanol–water partition coefficient (Wildman–Crippen LogP) is 3.59. The van der Waals surface area contributed by atoms with Crippen molar-refractivity contribution in [1.29, 1.82) is 0 Å². The van der Waals surface area contributed by atoms with Crippen molar-refractivity contribution in [2.24, 2.45) is 0 Å². The summed E-state index contributed by atoms with van der Waals surface area (Å²) in [5.41, 5.74) is 4.46. The fraction of sp³-hybridized carbons (Fsp3) is 0.143. The average Bonchev–Trinajstić information content (AvgIpc) is 2.29. The van der Waals surface area contributed by atoms with Gasteiger partial charge in [0.1, 0.15) is 5.82 Å². The lowest BCUT2D eigenvalue weighted by molar-refractivity contribution is 0.608. The third kappa shape index (κ3) is 1.27. The van der Waals surface area contributed by atoms with E-state index in [2.05, 4.69) is 12.1 Å². The molecule has 15 heavy (non-hydrogen) atoms. The number of rotatable bonds is 0. The standard InChI is InChI=1S/C14H11F/c15-14-7-3-6-12-11-5-2-1-4-10(11)8-9-13(12)14/h1-7H,8-9H2. The van der Waals surface area contributed by atoms with Crippen molar-refractivity contribution < 1.29 is 4.39 Å². The van der Waals surface area contributed by atoms with Crippen LogP contribution >= 0.6 is 0 Å². The minimum absolute atomic E-state index is 0.0676. The van der Waals surface area contributed by atoms with Crippen molar-refractivity contribution in [2.75, 3.05) is 0 Å². The van der Waals surface area contributed by atoms with Crippen LogP contribution in [0.4, 0.5) is 4.39 Å². The van der Waals surface area contributed by atoms with Crippen molar-refractivity contribution in [1.82, 2.24) is 0 Å². The topological polar surface area (TPSA) is 0 Å². The van der Waals surface area contributed by atoms with E-state index in [0.29, 0.717) is 0 Å². The van der Waals surface area contributed by atoms with E-state index >= 15 is 0 Å². The molecule has 1 aliphatic carbocycles. The van der Waals surface area contributed by atoms with E-state index in [1.54, 1.807) is 12.1 Å². The van der Waals surface area contributed by atoms with Crippen LogP contribution in [0.1, 0.15) is 11.1 Å². The third-order valence-corrected chi connectivity index (χ3v) is 3.07. The minimum Gasteiger partial charge on any atom is -0.207 e. The van der Waals surface area contributed by atoms with Gasteiger partial charge in [-0.3, -0.25) is 0 Å². The van der Waals surface area contributed by atoms with E-state index in [9.17, 15) is 4.39 Å². The molecule has 0 saturated carbocycles. The molecule has 0 nitrogen and oxygen atoms in total. The van der Waals surface area contributed by atoms with Gasteiger partial charge in [-0.1, -0.05) is 36.4 Å². The number of benzene rings is 2. The van der Waals surface area contributed by atoms with Gasteiger partial charge in [0.15, 0.2) is 0 Å². The summed E-state index contributed by atoms with van der Waals surface area (Å²) in [5.74, 6) is -0.0676. The first kappa shape index (κ1) is 8.66. The van der Waals surface area contributed by atoms with E-state index in [1.807, 2.05) is 18.2 Å². The first-order valence-corrected chi connectivity index (χ1v) is 5.22. The monoisotopic (exact) mass is 198 g/mol. The summed E-state index contributed by atoms with van der Waals surface area (Å²) in [6, 6.07) is 13.6. The van der Waals surface area contributed by atoms with Gasteiger partial charge >= 0.3 is 0 Å². The highest BCUT2D eigenvalue weighted by Gasteiger charge is 2.17. The smallest absolute Gasteiger partial charge is 0.127 e. The number of hydrogen-bond donors (Lipinski definition) is 0. The van der Waals surface area contributed by atoms with Crippen molar-refractivity contribution in [3.8, 4) is 11.1 Å². The minimum atomic E-state index is -0.0676. The van der Waals surface area contributed by atoms with E-state index in [1.165, 1.54) is 11.1 Å². The third-order valence-electron chi connectivity index (χ3n) is 3.07. The van der Waals surface area contributed by atoms with Gasteiger partial charge in [-0.2, -0.15) is 0 Å². The van der Waals surface area contributed by atoms with Gasteiger partial charge in [0, 0.05) is 0 Å². The Balaban J connectivity index is 2.30. The lowest BCUT2D eigenvalue weighted by Gasteiger charge is -2.19. The van der Waals surface area contributed by atoms with Crippen LogP contribution in [0.15, 0.2) is 42.5 Å². The number of aryl methyl sites for hydroxylation is 1. The molecule has 0 unspecified atom stereocenters. The van der Waals surface area contributed by atoms with Gasteiger partial charge in [-0.25, -0.2) is 4.39 Å². The number of fused-ring (bicyclic) bond motifs is 3. The van der Waals surface area contributed by atoms with Gasteiger partial charge in [0.05, 0.1) is 0 Å². The molecule has 2 aromatic rings. The molecule has 0 aliphatic heterocycles. The largest absolute Gasteiger partial charge is 0.207 e. The molecular weight excluding hydrogens is 187 g/mol. The van der Waals surface area contributed by atoms with Crippen LogP contribution in [0, 0.1) is 5.82 Å². The van der Waals surface area contributed by atoms with Crippen molar-refractivity contribution in [3.05, 3.63) is 59.4 Å². The number of halogens is 1. The zero-order valence-electron chi connectivity index (χ0n) is 8.33. The molecular formula is C14H11F. The molecule has 0 spiro atoms. The maximum absolute atomic E-state index is 13.6. The van der Waals surface area contributed by atoms with Crippen LogP contribution < -0.4 is 0 Å². The Bertz CT molecular complexity index is 514. The van der Waals surface area contributed by atoms with E-state index in [0.717, 1.165) is 24.0 Å². The maximum atomic E-state index is 13.6. The Labute approximate surface area is 88.4 Å². The number of hydrogen-bond acceptors (Lipinski definition) is 0. The first-order chi connectivity index (χ1) is 7.36. The normalized spacial score (nSPS) is 13.1. The lowest BCUT2D eigenvalue weighted by Crippen LogP contribution is -2.05. The van der Waals surface area contributed by atoms with Crippen molar-refractivity contribution >= 4 is 0 Å². The van der Waals surface area contributed by atoms with E-state index < -0.39 is 0 Å². The summed E-state index contributed by atoms with van der Waals surface area (Å²) < 4.78 is 13.6. The van der Waals surface area contributed by atoms with Crippen LogP contribution in [0.2, 0.25) is 0 Å². The fourth-order valence-electron chi connectivity index (χ4n) is 2.33. The Kier molecular flexibility index (Phi) is 1.84. The zero-order chi connectivity index (χ0) is 10.3. The van der Waals surface area contributed by atoms with Crippen LogP contribution in [0.5, 0.6) is 0 Å². The summed E-state index contributed by atoms with van der Waals surface area (Å²) in [7, 11) is 0. The Hall–Kier alpha value is -1.63. The zero-order valence-corrected chi connectivity index (χ0v) is 8.33. The molecule has 0 fully saturated rings. The Morgan fingerprint density at radius 3 is 2.53 bits per heavy atom. The summed E-state index contributed by atoms with van der Waals surface area (Å²) in [6.45, 7) is 0. The fourth-order valence-corrected chi connectivity index (χ4v) is 2.33. The molecule has 0 N–H and O–H groups in total. The quantitative estimate of drug-likeness (QED) is 0.606. The highest BCUT2D eigenvalue weighted by molar-refractivity contribution is 5.73. The molecule has 0 atom stereocenters. The lowest BCUT2D eigenvalue weighted by atomic mass is 9.85. The summed E-state index contributed by atoms with van der Waals surface area (Å²) in [4.78, 5) is 0. The second-order valence-electron chi connectivity index (χ2n) is 3.92. The van der Waals surface area contributed by atoms with Crippen LogP contribution in [-0.4, -0.2) is 0 Å². The van der Waals surface area contributed by atoms with Crippen LogP contribution in [0.25, 0.3) is 11.1 Å². The molecule has 0 aromatic heterocycles. The highest BCUT2D eigenvalue weighted by atomic mass is 19.1. The molecule has 1 heteroatoms. The van der Waals surface area contributed by atoms with Gasteiger partial charge < -0.3 is 0 Å². The molecule has 0 radical (unpaired) electrons. The molecule has 74 valence electrons. The van der Waals surface area contributed by atoms with Crippen LogP contribution in [0.3, 0.4) is 0 Å². The second kappa shape index (κ2) is 3.20. The molecule has 0 heterocycles. The molecule has 0 bridgehead atoms. The highest BCUT2D eigenvalue weighted by Crippen LogP contribution is 2.34. The SMILES string of the molecule is Fc1cccc2c1CCc1ccccc1-2. The molecule has 1 aliphatic rings. The van der Waals surface area contributed by atoms with Gasteiger partial charge in [0.25, 0.3) is 0 Å².